The minimum atomic E-state index is -4.54. The number of hydrogen-bond acceptors (Lipinski definition) is 3. The Bertz CT molecular complexity index is 880. The largest absolute Gasteiger partial charge is 0.433 e. The summed E-state index contributed by atoms with van der Waals surface area (Å²) < 4.78 is 42.1. The maximum Gasteiger partial charge on any atom is 0.433 e. The molecule has 28 heavy (non-hydrogen) atoms. The minimum Gasteiger partial charge on any atom is -0.342 e. The first-order chi connectivity index (χ1) is 12.9. The standard InChI is InChI=1S/C20H27F3N4O/c1-12(2)18(28)26-8-6-7-13(11-26)14-9-16(20(21,22)23)27-17(24-14)10-15(25-27)19(3,4)5/h9-10,12-13H,6-8,11H2,1-5H3/t13-/m1/s1. The van der Waals surface area contributed by atoms with Crippen molar-refractivity contribution in [3.8, 4) is 0 Å². The van der Waals surface area contributed by atoms with Gasteiger partial charge >= 0.3 is 6.18 Å². The number of alkyl halides is 3. The van der Waals surface area contributed by atoms with Crippen molar-refractivity contribution < 1.29 is 18.0 Å². The molecular formula is C20H27F3N4O. The monoisotopic (exact) mass is 396 g/mol. The van der Waals surface area contributed by atoms with E-state index in [1.54, 1.807) is 11.0 Å². The second-order valence-corrected chi connectivity index (χ2v) is 8.89. The first kappa shape index (κ1) is 20.6. The van der Waals surface area contributed by atoms with Gasteiger partial charge in [-0.05, 0) is 18.9 Å². The van der Waals surface area contributed by atoms with Gasteiger partial charge in [0.25, 0.3) is 0 Å². The van der Waals surface area contributed by atoms with Gasteiger partial charge in [0.05, 0.1) is 5.69 Å². The van der Waals surface area contributed by atoms with Gasteiger partial charge in [0.2, 0.25) is 5.91 Å². The Morgan fingerprint density at radius 1 is 1.21 bits per heavy atom. The highest BCUT2D eigenvalue weighted by atomic mass is 19.4. The number of rotatable bonds is 2. The Morgan fingerprint density at radius 2 is 1.89 bits per heavy atom. The molecule has 1 atom stereocenters. The van der Waals surface area contributed by atoms with Crippen LogP contribution in [0.2, 0.25) is 0 Å². The molecule has 0 radical (unpaired) electrons. The Kier molecular flexibility index (Phi) is 5.18. The van der Waals surface area contributed by atoms with E-state index < -0.39 is 11.9 Å². The number of aromatic nitrogens is 3. The Hall–Kier alpha value is -2.12. The van der Waals surface area contributed by atoms with E-state index in [2.05, 4.69) is 10.1 Å². The fourth-order valence-corrected chi connectivity index (χ4v) is 3.56. The minimum absolute atomic E-state index is 0.0289. The molecule has 0 bridgehead atoms. The number of carbonyl (C=O) groups excluding carboxylic acids is 1. The lowest BCUT2D eigenvalue weighted by atomic mass is 9.92. The van der Waals surface area contributed by atoms with Crippen LogP contribution in [0.3, 0.4) is 0 Å². The van der Waals surface area contributed by atoms with Gasteiger partial charge < -0.3 is 4.90 Å². The fraction of sp³-hybridized carbons (Fsp3) is 0.650. The highest BCUT2D eigenvalue weighted by Gasteiger charge is 2.37. The molecule has 3 rings (SSSR count). The molecule has 3 heterocycles. The van der Waals surface area contributed by atoms with Gasteiger partial charge in [0.1, 0.15) is 5.69 Å². The lowest BCUT2D eigenvalue weighted by Crippen LogP contribution is -2.41. The molecule has 1 aliphatic heterocycles. The molecule has 2 aromatic heterocycles. The maximum atomic E-state index is 13.7. The summed E-state index contributed by atoms with van der Waals surface area (Å²) in [6, 6.07) is 2.72. The Balaban J connectivity index is 2.05. The second-order valence-electron chi connectivity index (χ2n) is 8.89. The summed E-state index contributed by atoms with van der Waals surface area (Å²) in [5.74, 6) is -0.319. The van der Waals surface area contributed by atoms with Gasteiger partial charge in [-0.2, -0.15) is 18.3 Å². The van der Waals surface area contributed by atoms with E-state index in [1.807, 2.05) is 34.6 Å². The highest BCUT2D eigenvalue weighted by Crippen LogP contribution is 2.34. The summed E-state index contributed by atoms with van der Waals surface area (Å²) in [5, 5.41) is 4.17. The summed E-state index contributed by atoms with van der Waals surface area (Å²) in [6.45, 7) is 10.4. The van der Waals surface area contributed by atoms with Crippen LogP contribution in [0.25, 0.3) is 5.65 Å². The molecule has 0 unspecified atom stereocenters. The van der Waals surface area contributed by atoms with Gasteiger partial charge in [0, 0.05) is 42.1 Å². The van der Waals surface area contributed by atoms with E-state index in [1.165, 1.54) is 0 Å². The molecule has 0 spiro atoms. The topological polar surface area (TPSA) is 50.5 Å². The third-order valence-corrected chi connectivity index (χ3v) is 5.15. The third-order valence-electron chi connectivity index (χ3n) is 5.15. The van der Waals surface area contributed by atoms with Gasteiger partial charge in [-0.1, -0.05) is 34.6 Å². The van der Waals surface area contributed by atoms with Crippen molar-refractivity contribution in [1.29, 1.82) is 0 Å². The van der Waals surface area contributed by atoms with Crippen LogP contribution >= 0.6 is 0 Å². The van der Waals surface area contributed by atoms with Crippen molar-refractivity contribution in [3.05, 3.63) is 29.2 Å². The van der Waals surface area contributed by atoms with Crippen LogP contribution in [0.4, 0.5) is 13.2 Å². The summed E-state index contributed by atoms with van der Waals surface area (Å²) in [7, 11) is 0. The molecule has 1 saturated heterocycles. The number of fused-ring (bicyclic) bond motifs is 1. The van der Waals surface area contributed by atoms with Crippen molar-refractivity contribution in [3.63, 3.8) is 0 Å². The lowest BCUT2D eigenvalue weighted by molar-refractivity contribution is -0.143. The van der Waals surface area contributed by atoms with Crippen LogP contribution in [-0.4, -0.2) is 38.5 Å². The van der Waals surface area contributed by atoms with Crippen LogP contribution in [-0.2, 0) is 16.4 Å². The number of likely N-dealkylation sites (tertiary alicyclic amines) is 1. The van der Waals surface area contributed by atoms with Crippen molar-refractivity contribution in [2.45, 2.75) is 65.0 Å². The van der Waals surface area contributed by atoms with E-state index in [9.17, 15) is 18.0 Å². The molecule has 0 saturated carbocycles. The lowest BCUT2D eigenvalue weighted by Gasteiger charge is -2.33. The average Bonchev–Trinajstić information content (AvgIpc) is 3.03. The molecule has 1 amide bonds. The van der Waals surface area contributed by atoms with Crippen LogP contribution in [0.1, 0.15) is 70.5 Å². The van der Waals surface area contributed by atoms with Crippen molar-refractivity contribution >= 4 is 11.6 Å². The molecule has 154 valence electrons. The number of hydrogen-bond donors (Lipinski definition) is 0. The van der Waals surface area contributed by atoms with Crippen LogP contribution in [0.15, 0.2) is 12.1 Å². The van der Waals surface area contributed by atoms with E-state index in [4.69, 9.17) is 0 Å². The number of amides is 1. The third kappa shape index (κ3) is 4.00. The zero-order valence-corrected chi connectivity index (χ0v) is 17.0. The normalized spacial score (nSPS) is 18.9. The van der Waals surface area contributed by atoms with Crippen LogP contribution in [0, 0.1) is 5.92 Å². The zero-order chi connectivity index (χ0) is 20.9. The number of nitrogens with zero attached hydrogens (tertiary/aromatic N) is 4. The predicted octanol–water partition coefficient (Wildman–Crippen LogP) is 4.41. The molecule has 0 aliphatic carbocycles. The van der Waals surface area contributed by atoms with Crippen molar-refractivity contribution in [1.82, 2.24) is 19.5 Å². The number of piperidine rings is 1. The average molecular weight is 396 g/mol. The molecule has 5 nitrogen and oxygen atoms in total. The van der Waals surface area contributed by atoms with Gasteiger partial charge in [-0.25, -0.2) is 9.50 Å². The van der Waals surface area contributed by atoms with Crippen molar-refractivity contribution in [2.75, 3.05) is 13.1 Å². The predicted molar refractivity (Wildman–Crippen MR) is 100 cm³/mol. The first-order valence-corrected chi connectivity index (χ1v) is 9.65. The van der Waals surface area contributed by atoms with Crippen LogP contribution in [0.5, 0.6) is 0 Å². The smallest absolute Gasteiger partial charge is 0.342 e. The molecule has 1 fully saturated rings. The summed E-state index contributed by atoms with van der Waals surface area (Å²) in [6.07, 6.45) is -3.08. The van der Waals surface area contributed by atoms with Crippen molar-refractivity contribution in [2.24, 2.45) is 5.92 Å². The quantitative estimate of drug-likeness (QED) is 0.756. The summed E-state index contributed by atoms with van der Waals surface area (Å²) in [5.41, 5.74) is -0.0797. The zero-order valence-electron chi connectivity index (χ0n) is 17.0. The summed E-state index contributed by atoms with van der Waals surface area (Å²) >= 11 is 0. The van der Waals surface area contributed by atoms with Crippen LogP contribution < -0.4 is 0 Å². The highest BCUT2D eigenvalue weighted by molar-refractivity contribution is 5.78. The van der Waals surface area contributed by atoms with Gasteiger partial charge in [0.15, 0.2) is 5.65 Å². The molecule has 0 N–H and O–H groups in total. The second kappa shape index (κ2) is 7.04. The Morgan fingerprint density at radius 3 is 2.46 bits per heavy atom. The van der Waals surface area contributed by atoms with Gasteiger partial charge in [-0.15, -0.1) is 0 Å². The molecule has 1 aliphatic rings. The maximum absolute atomic E-state index is 13.7. The number of halogens is 3. The summed E-state index contributed by atoms with van der Waals surface area (Å²) in [4.78, 5) is 18.6. The molecule has 0 aromatic carbocycles. The Labute approximate surface area is 162 Å². The van der Waals surface area contributed by atoms with Gasteiger partial charge in [-0.3, -0.25) is 4.79 Å². The molecule has 8 heteroatoms. The number of carbonyl (C=O) groups is 1. The first-order valence-electron chi connectivity index (χ1n) is 9.65. The SMILES string of the molecule is CC(C)C(=O)N1CCC[C@@H](c2cc(C(F)(F)F)n3nc(C(C)(C)C)cc3n2)C1. The molecule has 2 aromatic rings. The van der Waals surface area contributed by atoms with E-state index in [-0.39, 0.29) is 28.8 Å². The fourth-order valence-electron chi connectivity index (χ4n) is 3.56. The van der Waals surface area contributed by atoms with E-state index in [0.29, 0.717) is 30.9 Å². The van der Waals surface area contributed by atoms with E-state index >= 15 is 0 Å². The van der Waals surface area contributed by atoms with E-state index in [0.717, 1.165) is 17.0 Å². The molecular weight excluding hydrogens is 369 g/mol.